The maximum absolute atomic E-state index is 14.2. The molecule has 0 fully saturated rings. The second kappa shape index (κ2) is 6.14. The van der Waals surface area contributed by atoms with Crippen LogP contribution in [0.15, 0.2) is 51.8 Å². The van der Waals surface area contributed by atoms with Crippen LogP contribution in [-0.2, 0) is 20.2 Å². The summed E-state index contributed by atoms with van der Waals surface area (Å²) in [6.07, 6.45) is 5.27. The molecule has 1 atom stereocenters. The summed E-state index contributed by atoms with van der Waals surface area (Å²) in [5, 5.41) is 0. The van der Waals surface area contributed by atoms with Crippen molar-refractivity contribution in [3.8, 4) is 0 Å². The molecule has 0 amide bonds. The molecule has 2 aliphatic rings. The van der Waals surface area contributed by atoms with Gasteiger partial charge in [0.25, 0.3) is 0 Å². The number of halogens is 6. The number of fused-ring (bicyclic) bond motifs is 1. The standard InChI is InChI=1S/C16H12F6O3S2/c1-2-10-6-7-12-9-14(11-4-3-5-11)26(13(12)8-10,15(17,18)19)25-27(23,24)16(20,21)22/h3-9H,2H2,1H3. The molecule has 1 aromatic rings. The predicted octanol–water partition coefficient (Wildman–Crippen LogP) is 5.56. The number of hydrogen-bond acceptors (Lipinski definition) is 3. The van der Waals surface area contributed by atoms with Gasteiger partial charge in [0.1, 0.15) is 0 Å². The van der Waals surface area contributed by atoms with Crippen LogP contribution < -0.4 is 0 Å². The van der Waals surface area contributed by atoms with Crippen molar-refractivity contribution in [2.24, 2.45) is 0 Å². The van der Waals surface area contributed by atoms with E-state index in [1.165, 1.54) is 30.4 Å². The minimum atomic E-state index is -6.51. The quantitative estimate of drug-likeness (QED) is 0.464. The van der Waals surface area contributed by atoms with E-state index < -0.39 is 41.2 Å². The summed E-state index contributed by atoms with van der Waals surface area (Å²) in [7, 11) is -11.5. The lowest BCUT2D eigenvalue weighted by molar-refractivity contribution is -0.0545. The first-order chi connectivity index (χ1) is 12.3. The molecule has 148 valence electrons. The van der Waals surface area contributed by atoms with Gasteiger partial charge in [0, 0.05) is 20.1 Å². The van der Waals surface area contributed by atoms with Gasteiger partial charge in [-0.3, -0.25) is 0 Å². The Morgan fingerprint density at radius 3 is 2.19 bits per heavy atom. The zero-order chi connectivity index (χ0) is 20.3. The van der Waals surface area contributed by atoms with Crippen molar-refractivity contribution < 1.29 is 38.4 Å². The van der Waals surface area contributed by atoms with Crippen molar-refractivity contribution in [3.05, 3.63) is 58.0 Å². The van der Waals surface area contributed by atoms with Gasteiger partial charge in [-0.2, -0.15) is 38.4 Å². The molecular formula is C16H12F6O3S2. The van der Waals surface area contributed by atoms with Crippen LogP contribution in [0.2, 0.25) is 0 Å². The average molecular weight is 430 g/mol. The largest absolute Gasteiger partial charge is 0.523 e. The molecule has 11 heteroatoms. The van der Waals surface area contributed by atoms with E-state index in [4.69, 9.17) is 0 Å². The van der Waals surface area contributed by atoms with Crippen molar-refractivity contribution in [1.29, 1.82) is 0 Å². The van der Waals surface area contributed by atoms with E-state index in [2.05, 4.69) is 3.63 Å². The molecule has 27 heavy (non-hydrogen) atoms. The first-order valence-corrected chi connectivity index (χ1v) is 10.5. The summed E-state index contributed by atoms with van der Waals surface area (Å²) < 4.78 is 109. The first-order valence-electron chi connectivity index (χ1n) is 7.49. The van der Waals surface area contributed by atoms with Crippen molar-refractivity contribution in [1.82, 2.24) is 0 Å². The van der Waals surface area contributed by atoms with E-state index in [-0.39, 0.29) is 11.1 Å². The Bertz CT molecular complexity index is 986. The van der Waals surface area contributed by atoms with Crippen molar-refractivity contribution in [2.45, 2.75) is 29.3 Å². The molecular weight excluding hydrogens is 418 g/mol. The van der Waals surface area contributed by atoms with Gasteiger partial charge < -0.3 is 0 Å². The van der Waals surface area contributed by atoms with Gasteiger partial charge in [-0.1, -0.05) is 37.3 Å². The summed E-state index contributed by atoms with van der Waals surface area (Å²) in [6, 6.07) is 3.92. The second-order valence-corrected chi connectivity index (χ2v) is 10.1. The summed E-state index contributed by atoms with van der Waals surface area (Å²) >= 11 is 0. The summed E-state index contributed by atoms with van der Waals surface area (Å²) in [4.78, 5) is -1.22. The lowest BCUT2D eigenvalue weighted by Gasteiger charge is -2.40. The number of alkyl halides is 6. The van der Waals surface area contributed by atoms with Crippen molar-refractivity contribution in [2.75, 3.05) is 0 Å². The highest BCUT2D eigenvalue weighted by Crippen LogP contribution is 2.79. The number of benzene rings is 1. The zero-order valence-corrected chi connectivity index (χ0v) is 15.2. The Morgan fingerprint density at radius 1 is 1.11 bits per heavy atom. The fourth-order valence-corrected chi connectivity index (χ4v) is 7.20. The zero-order valence-electron chi connectivity index (χ0n) is 13.6. The van der Waals surface area contributed by atoms with E-state index in [1.54, 1.807) is 6.92 Å². The highest BCUT2D eigenvalue weighted by molar-refractivity contribution is 8.37. The maximum Gasteiger partial charge on any atom is 0.523 e. The second-order valence-electron chi connectivity index (χ2n) is 5.69. The molecule has 0 bridgehead atoms. The summed E-state index contributed by atoms with van der Waals surface area (Å²) in [5.74, 6) is 0. The van der Waals surface area contributed by atoms with E-state index in [9.17, 15) is 34.8 Å². The van der Waals surface area contributed by atoms with Gasteiger partial charge in [-0.15, -0.1) is 0 Å². The van der Waals surface area contributed by atoms with E-state index >= 15 is 0 Å². The van der Waals surface area contributed by atoms with E-state index in [0.29, 0.717) is 12.0 Å². The molecule has 1 heterocycles. The molecule has 0 saturated carbocycles. The highest BCUT2D eigenvalue weighted by Gasteiger charge is 2.64. The van der Waals surface area contributed by atoms with Crippen LogP contribution >= 0.6 is 10.3 Å². The molecule has 0 N–H and O–H groups in total. The van der Waals surface area contributed by atoms with Gasteiger partial charge >= 0.3 is 21.1 Å². The van der Waals surface area contributed by atoms with E-state index in [0.717, 1.165) is 12.1 Å². The van der Waals surface area contributed by atoms with Gasteiger partial charge in [0.15, 0.2) is 0 Å². The predicted molar refractivity (Wildman–Crippen MR) is 89.0 cm³/mol. The van der Waals surface area contributed by atoms with Crippen LogP contribution in [-0.4, -0.2) is 19.4 Å². The lowest BCUT2D eigenvalue weighted by atomic mass is 10.1. The molecule has 0 aromatic heterocycles. The number of hydrogen-bond donors (Lipinski definition) is 0. The Hall–Kier alpha value is -1.72. The Labute approximate surface area is 152 Å². The smallest absolute Gasteiger partial charge is 0.196 e. The monoisotopic (exact) mass is 430 g/mol. The first kappa shape index (κ1) is 20.0. The molecule has 1 aromatic carbocycles. The summed E-state index contributed by atoms with van der Waals surface area (Å²) in [5.41, 5.74) is -11.0. The van der Waals surface area contributed by atoms with Crippen LogP contribution in [0.25, 0.3) is 6.08 Å². The highest BCUT2D eigenvalue weighted by atomic mass is 32.3. The molecule has 3 rings (SSSR count). The number of aryl methyl sites for hydroxylation is 1. The molecule has 1 aliphatic carbocycles. The SMILES string of the molecule is CCc1ccc2c(c1)S(OS(=O)(=O)C(F)(F)F)(C(F)(F)F)C(C1=CC=C1)=C2. The molecule has 3 nitrogen and oxygen atoms in total. The number of rotatable bonds is 4. The van der Waals surface area contributed by atoms with Crippen LogP contribution in [0.1, 0.15) is 18.1 Å². The molecule has 0 spiro atoms. The molecule has 1 aliphatic heterocycles. The number of allylic oxidation sites excluding steroid dienone is 4. The minimum Gasteiger partial charge on any atom is -0.196 e. The van der Waals surface area contributed by atoms with Crippen LogP contribution in [0, 0.1) is 0 Å². The maximum atomic E-state index is 14.2. The normalized spacial score (nSPS) is 24.6. The molecule has 1 unspecified atom stereocenters. The Kier molecular flexibility index (Phi) is 4.56. The van der Waals surface area contributed by atoms with Gasteiger partial charge in [0.05, 0.1) is 0 Å². The minimum absolute atomic E-state index is 0.0195. The van der Waals surface area contributed by atoms with Crippen LogP contribution in [0.5, 0.6) is 0 Å². The molecule has 0 saturated heterocycles. The van der Waals surface area contributed by atoms with Crippen LogP contribution in [0.4, 0.5) is 26.3 Å². The lowest BCUT2D eigenvalue weighted by Crippen LogP contribution is -2.32. The van der Waals surface area contributed by atoms with Crippen molar-refractivity contribution in [3.63, 3.8) is 0 Å². The third-order valence-electron chi connectivity index (χ3n) is 4.03. The van der Waals surface area contributed by atoms with Crippen LogP contribution in [0.3, 0.4) is 0 Å². The summed E-state index contributed by atoms with van der Waals surface area (Å²) in [6.45, 7) is 1.65. The average Bonchev–Trinajstić information content (AvgIpc) is 2.78. The van der Waals surface area contributed by atoms with Gasteiger partial charge in [-0.05, 0) is 35.3 Å². The third kappa shape index (κ3) is 3.01. The topological polar surface area (TPSA) is 43.4 Å². The van der Waals surface area contributed by atoms with Gasteiger partial charge in [-0.25, -0.2) is 0 Å². The third-order valence-corrected chi connectivity index (χ3v) is 8.73. The Balaban J connectivity index is 2.31. The van der Waals surface area contributed by atoms with E-state index in [1.807, 2.05) is 0 Å². The van der Waals surface area contributed by atoms with Crippen molar-refractivity contribution >= 4 is 26.5 Å². The Morgan fingerprint density at radius 2 is 1.74 bits per heavy atom. The molecule has 0 radical (unpaired) electrons. The fraction of sp³-hybridized carbons (Fsp3) is 0.250. The van der Waals surface area contributed by atoms with Gasteiger partial charge in [0.2, 0.25) is 0 Å². The fourth-order valence-electron chi connectivity index (χ4n) is 2.65.